The highest BCUT2D eigenvalue weighted by Crippen LogP contribution is 2.34. The minimum atomic E-state index is -2.38. The normalized spacial score (nSPS) is 14.0. The van der Waals surface area contributed by atoms with Gasteiger partial charge in [-0.05, 0) is 123 Å². The second-order valence-corrected chi connectivity index (χ2v) is 16.9. The fourth-order valence-corrected chi connectivity index (χ4v) is 8.38. The molecule has 4 aromatic carbocycles. The first kappa shape index (κ1) is 38.9. The van der Waals surface area contributed by atoms with Crippen molar-refractivity contribution in [3.05, 3.63) is 117 Å². The number of nitrogens with two attached hydrogens (primary N) is 2. The summed E-state index contributed by atoms with van der Waals surface area (Å²) in [5.41, 5.74) is 16.2. The molecule has 48 heavy (non-hydrogen) atoms. The average Bonchev–Trinajstić information content (AvgIpc) is 3.06. The van der Waals surface area contributed by atoms with Crippen LogP contribution in [-0.4, -0.2) is 24.3 Å². The zero-order chi connectivity index (χ0) is 34.7. The Kier molecular flexibility index (Phi) is 14.9. The third kappa shape index (κ3) is 12.8. The fraction of sp³-hybridized carbons (Fsp3) is 0.368. The Hall–Kier alpha value is -1.90. The molecule has 4 aromatic rings. The number of halogens is 2. The van der Waals surface area contributed by atoms with Crippen LogP contribution < -0.4 is 11.5 Å². The number of benzene rings is 4. The van der Waals surface area contributed by atoms with Gasteiger partial charge >= 0.3 is 8.25 Å². The third-order valence-corrected chi connectivity index (χ3v) is 11.4. The summed E-state index contributed by atoms with van der Waals surface area (Å²) in [6, 6.07) is 29.3. The first-order chi connectivity index (χ1) is 22.8. The molecular formula is C38H46Cl2N2O3PS2+. The standard InChI is InChI=1S/C38H46Cl2N2O3PS2/c1-5-27-9-7-11-31(21-27)47-33-15-13-29(35(39)23-33)17-19-37(3,41)25-44-46(43)45-26-38(4,42)20-18-30-14-16-34(24-36(30)40)48-32-12-8-10-28(6-2)22-32/h7-16,21-24H,5-6,17-20,25-26,41-42H2,1-4H3/q+1/t37-,38-/m1/s1. The lowest BCUT2D eigenvalue weighted by molar-refractivity contribution is 0.158. The Morgan fingerprint density at radius 3 is 1.42 bits per heavy atom. The summed E-state index contributed by atoms with van der Waals surface area (Å²) in [6.07, 6.45) is 4.53. The Morgan fingerprint density at radius 2 is 1.04 bits per heavy atom. The van der Waals surface area contributed by atoms with E-state index in [1.54, 1.807) is 23.5 Å². The molecule has 0 aliphatic carbocycles. The van der Waals surface area contributed by atoms with Crippen LogP contribution in [0, 0.1) is 0 Å². The van der Waals surface area contributed by atoms with E-state index in [0.29, 0.717) is 35.7 Å². The van der Waals surface area contributed by atoms with Crippen LogP contribution in [0.5, 0.6) is 0 Å². The highest BCUT2D eigenvalue weighted by molar-refractivity contribution is 7.99. The summed E-state index contributed by atoms with van der Waals surface area (Å²) < 4.78 is 23.7. The largest absolute Gasteiger partial charge is 0.697 e. The molecule has 0 fully saturated rings. The lowest BCUT2D eigenvalue weighted by Crippen LogP contribution is -2.42. The predicted molar refractivity (Wildman–Crippen MR) is 204 cm³/mol. The lowest BCUT2D eigenvalue weighted by atomic mass is 9.95. The molecule has 5 nitrogen and oxygen atoms in total. The third-order valence-electron chi connectivity index (χ3n) is 8.06. The maximum atomic E-state index is 12.6. The maximum Gasteiger partial charge on any atom is 0.697 e. The average molecular weight is 745 g/mol. The monoisotopic (exact) mass is 743 g/mol. The molecule has 0 heterocycles. The van der Waals surface area contributed by atoms with Crippen molar-refractivity contribution in [2.75, 3.05) is 13.2 Å². The van der Waals surface area contributed by atoms with Gasteiger partial charge < -0.3 is 11.5 Å². The zero-order valence-corrected chi connectivity index (χ0v) is 32.2. The highest BCUT2D eigenvalue weighted by atomic mass is 35.5. The van der Waals surface area contributed by atoms with E-state index >= 15 is 0 Å². The summed E-state index contributed by atoms with van der Waals surface area (Å²) in [6.45, 7) is 8.20. The van der Waals surface area contributed by atoms with Crippen molar-refractivity contribution in [3.8, 4) is 0 Å². The van der Waals surface area contributed by atoms with Gasteiger partial charge in [0.1, 0.15) is 13.2 Å². The topological polar surface area (TPSA) is 87.6 Å². The van der Waals surface area contributed by atoms with E-state index in [1.807, 2.05) is 38.1 Å². The molecule has 0 saturated heterocycles. The van der Waals surface area contributed by atoms with Crippen molar-refractivity contribution in [1.82, 2.24) is 0 Å². The number of aryl methyl sites for hydroxylation is 4. The van der Waals surface area contributed by atoms with Gasteiger partial charge in [-0.2, -0.15) is 0 Å². The molecule has 0 aliphatic rings. The summed E-state index contributed by atoms with van der Waals surface area (Å²) in [5.74, 6) is 0. The van der Waals surface area contributed by atoms with Crippen molar-refractivity contribution in [2.24, 2.45) is 11.5 Å². The minimum absolute atomic E-state index is 0.0749. The molecule has 0 unspecified atom stereocenters. The smallest absolute Gasteiger partial charge is 0.323 e. The molecule has 4 rings (SSSR count). The van der Waals surface area contributed by atoms with E-state index in [1.165, 1.54) is 20.9 Å². The Labute approximate surface area is 305 Å². The predicted octanol–water partition coefficient (Wildman–Crippen LogP) is 11.1. The van der Waals surface area contributed by atoms with Gasteiger partial charge in [-0.1, -0.05) is 97.0 Å². The quantitative estimate of drug-likeness (QED) is 0.0981. The van der Waals surface area contributed by atoms with E-state index in [2.05, 4.69) is 74.5 Å². The molecule has 0 radical (unpaired) electrons. The lowest BCUT2D eigenvalue weighted by Gasteiger charge is -2.23. The second kappa shape index (κ2) is 18.4. The number of rotatable bonds is 18. The van der Waals surface area contributed by atoms with Gasteiger partial charge in [0.25, 0.3) is 0 Å². The van der Waals surface area contributed by atoms with Crippen molar-refractivity contribution in [2.45, 2.75) is 96.9 Å². The Balaban J connectivity index is 1.18. The van der Waals surface area contributed by atoms with Gasteiger partial charge in [0.15, 0.2) is 0 Å². The van der Waals surface area contributed by atoms with Crippen LogP contribution in [0.2, 0.25) is 10.0 Å². The van der Waals surface area contributed by atoms with Crippen LogP contribution in [0.1, 0.15) is 62.8 Å². The zero-order valence-electron chi connectivity index (χ0n) is 28.1. The SMILES string of the molecule is CCc1cccc(Sc2ccc(CC[C@@](C)(N)CO[P+](=O)OC[C@](C)(N)CCc3ccc(Sc4cccc(CC)c4)cc3Cl)c(Cl)c2)c1. The van der Waals surface area contributed by atoms with Gasteiger partial charge in [-0.15, -0.1) is 9.05 Å². The first-order valence-corrected chi connectivity index (χ1v) is 19.7. The highest BCUT2D eigenvalue weighted by Gasteiger charge is 2.32. The molecule has 0 aliphatic heterocycles. The van der Waals surface area contributed by atoms with Crippen molar-refractivity contribution >= 4 is 55.0 Å². The first-order valence-electron chi connectivity index (χ1n) is 16.3. The van der Waals surface area contributed by atoms with Gasteiger partial charge in [0.05, 0.1) is 0 Å². The fourth-order valence-electron chi connectivity index (χ4n) is 4.94. The minimum Gasteiger partial charge on any atom is -0.323 e. The van der Waals surface area contributed by atoms with Crippen LogP contribution in [0.25, 0.3) is 0 Å². The van der Waals surface area contributed by atoms with Gasteiger partial charge in [-0.25, -0.2) is 0 Å². The molecule has 0 bridgehead atoms. The van der Waals surface area contributed by atoms with Gasteiger partial charge in [0.2, 0.25) is 0 Å². The number of hydrogen-bond acceptors (Lipinski definition) is 7. The van der Waals surface area contributed by atoms with E-state index in [0.717, 1.165) is 33.8 Å². The molecular weight excluding hydrogens is 698 g/mol. The van der Waals surface area contributed by atoms with Gasteiger partial charge in [-0.3, -0.25) is 0 Å². The maximum absolute atomic E-state index is 12.6. The van der Waals surface area contributed by atoms with E-state index in [9.17, 15) is 4.57 Å². The summed E-state index contributed by atoms with van der Waals surface area (Å²) in [7, 11) is -2.38. The van der Waals surface area contributed by atoms with E-state index < -0.39 is 19.3 Å². The molecule has 2 atom stereocenters. The molecule has 10 heteroatoms. The van der Waals surface area contributed by atoms with Crippen molar-refractivity contribution < 1.29 is 13.6 Å². The molecule has 0 amide bonds. The summed E-state index contributed by atoms with van der Waals surface area (Å²) in [4.78, 5) is 4.55. The Bertz CT molecular complexity index is 1560. The van der Waals surface area contributed by atoms with Gasteiger partial charge in [0, 0.05) is 45.3 Å². The molecule has 0 saturated carbocycles. The van der Waals surface area contributed by atoms with E-state index in [-0.39, 0.29) is 13.2 Å². The molecule has 4 N–H and O–H groups in total. The van der Waals surface area contributed by atoms with Crippen molar-refractivity contribution in [3.63, 3.8) is 0 Å². The van der Waals surface area contributed by atoms with Crippen LogP contribution >= 0.6 is 55.0 Å². The molecule has 0 spiro atoms. The van der Waals surface area contributed by atoms with Crippen LogP contribution in [0.4, 0.5) is 0 Å². The number of hydrogen-bond donors (Lipinski definition) is 2. The second-order valence-electron chi connectivity index (χ2n) is 12.8. The molecule has 256 valence electrons. The van der Waals surface area contributed by atoms with Crippen molar-refractivity contribution in [1.29, 1.82) is 0 Å². The van der Waals surface area contributed by atoms with Crippen LogP contribution in [-0.2, 0) is 39.3 Å². The Morgan fingerprint density at radius 1 is 0.646 bits per heavy atom. The summed E-state index contributed by atoms with van der Waals surface area (Å²) >= 11 is 16.7. The van der Waals surface area contributed by atoms with Crippen LogP contribution in [0.15, 0.2) is 105 Å². The van der Waals surface area contributed by atoms with Crippen LogP contribution in [0.3, 0.4) is 0 Å². The molecule has 0 aromatic heterocycles. The van der Waals surface area contributed by atoms with E-state index in [4.69, 9.17) is 43.7 Å². The summed E-state index contributed by atoms with van der Waals surface area (Å²) in [5, 5.41) is 1.41.